The highest BCUT2D eigenvalue weighted by molar-refractivity contribution is 7.16. The molecule has 1 aliphatic rings. The maximum Gasteiger partial charge on any atom is 0.301 e. The molecule has 1 atom stereocenters. The van der Waals surface area contributed by atoms with Gasteiger partial charge in [-0.3, -0.25) is 24.6 Å². The number of aliphatic hydroxyl groups is 1. The van der Waals surface area contributed by atoms with Crippen LogP contribution in [0.1, 0.15) is 27.7 Å². The normalized spacial score (nSPS) is 17.7. The molecular formula is C22H16FN3O5S. The van der Waals surface area contributed by atoms with Crippen molar-refractivity contribution in [1.29, 1.82) is 0 Å². The Morgan fingerprint density at radius 3 is 2.47 bits per heavy atom. The average molecular weight is 453 g/mol. The van der Waals surface area contributed by atoms with Crippen LogP contribution in [0, 0.1) is 29.8 Å². The molecule has 1 unspecified atom stereocenters. The number of carbonyl (C=O) groups excluding carboxylic acids is 2. The third-order valence-corrected chi connectivity index (χ3v) is 6.25. The zero-order valence-electron chi connectivity index (χ0n) is 16.9. The molecule has 32 heavy (non-hydrogen) atoms. The highest BCUT2D eigenvalue weighted by Crippen LogP contribution is 2.44. The van der Waals surface area contributed by atoms with Crippen molar-refractivity contribution >= 4 is 39.6 Å². The number of amides is 1. The number of non-ortho nitro benzene ring substituents is 1. The molecule has 8 nitrogen and oxygen atoms in total. The number of aryl methyl sites for hydroxylation is 2. The van der Waals surface area contributed by atoms with Crippen LogP contribution in [-0.2, 0) is 9.59 Å². The number of nitrogens with zero attached hydrogens (tertiary/aromatic N) is 3. The molecule has 1 aromatic heterocycles. The molecule has 1 aliphatic heterocycles. The lowest BCUT2D eigenvalue weighted by molar-refractivity contribution is -0.384. The number of nitro groups is 1. The van der Waals surface area contributed by atoms with Crippen molar-refractivity contribution in [2.24, 2.45) is 0 Å². The Morgan fingerprint density at radius 2 is 1.88 bits per heavy atom. The second-order valence-electron chi connectivity index (χ2n) is 7.17. The van der Waals surface area contributed by atoms with E-state index in [2.05, 4.69) is 4.98 Å². The van der Waals surface area contributed by atoms with E-state index in [0.29, 0.717) is 5.69 Å². The molecule has 1 N–H and O–H groups in total. The first-order chi connectivity index (χ1) is 15.2. The number of nitro benzene ring substituents is 1. The van der Waals surface area contributed by atoms with Gasteiger partial charge in [-0.1, -0.05) is 12.1 Å². The van der Waals surface area contributed by atoms with Crippen LogP contribution in [-0.4, -0.2) is 26.7 Å². The fourth-order valence-electron chi connectivity index (χ4n) is 3.48. The number of hydrogen-bond donors (Lipinski definition) is 1. The van der Waals surface area contributed by atoms with E-state index in [9.17, 15) is 29.2 Å². The lowest BCUT2D eigenvalue weighted by Gasteiger charge is -2.22. The molecule has 0 saturated carbocycles. The number of ketones is 1. The molecule has 4 rings (SSSR count). The third kappa shape index (κ3) is 3.54. The van der Waals surface area contributed by atoms with Crippen LogP contribution >= 0.6 is 11.3 Å². The monoisotopic (exact) mass is 453 g/mol. The van der Waals surface area contributed by atoms with E-state index in [-0.39, 0.29) is 27.5 Å². The summed E-state index contributed by atoms with van der Waals surface area (Å²) in [5.41, 5.74) is 0.566. The number of rotatable bonds is 4. The minimum atomic E-state index is -1.15. The summed E-state index contributed by atoms with van der Waals surface area (Å²) in [6.07, 6.45) is 0. The number of thiazole rings is 1. The quantitative estimate of drug-likeness (QED) is 0.205. The molecule has 1 fully saturated rings. The van der Waals surface area contributed by atoms with Crippen LogP contribution in [0.4, 0.5) is 15.2 Å². The highest BCUT2D eigenvalue weighted by Gasteiger charge is 2.48. The van der Waals surface area contributed by atoms with Gasteiger partial charge in [-0.2, -0.15) is 0 Å². The summed E-state index contributed by atoms with van der Waals surface area (Å²) < 4.78 is 13.4. The Labute approximate surface area is 185 Å². The summed E-state index contributed by atoms with van der Waals surface area (Å²) >= 11 is 1.19. The van der Waals surface area contributed by atoms with Crippen LogP contribution < -0.4 is 4.90 Å². The molecule has 0 radical (unpaired) electrons. The van der Waals surface area contributed by atoms with Crippen LogP contribution in [0.2, 0.25) is 0 Å². The van der Waals surface area contributed by atoms with Gasteiger partial charge < -0.3 is 5.11 Å². The number of halogens is 1. The van der Waals surface area contributed by atoms with Crippen molar-refractivity contribution in [1.82, 2.24) is 4.98 Å². The predicted molar refractivity (Wildman–Crippen MR) is 116 cm³/mol. The number of aromatic nitrogens is 1. The number of carbonyl (C=O) groups is 2. The van der Waals surface area contributed by atoms with Gasteiger partial charge in [0.15, 0.2) is 5.13 Å². The van der Waals surface area contributed by atoms with Gasteiger partial charge in [0, 0.05) is 22.6 Å². The second kappa shape index (κ2) is 7.97. The minimum absolute atomic E-state index is 0.131. The summed E-state index contributed by atoms with van der Waals surface area (Å²) in [6, 6.07) is 9.13. The van der Waals surface area contributed by atoms with Crippen molar-refractivity contribution in [3.8, 4) is 0 Å². The number of benzene rings is 2. The van der Waals surface area contributed by atoms with E-state index in [1.165, 1.54) is 47.7 Å². The third-order valence-electron chi connectivity index (χ3n) is 5.18. The van der Waals surface area contributed by atoms with E-state index in [1.807, 2.05) is 6.92 Å². The molecule has 2 aromatic carbocycles. The summed E-state index contributed by atoms with van der Waals surface area (Å²) in [5.74, 6) is -2.92. The van der Waals surface area contributed by atoms with Crippen LogP contribution in [0.15, 0.2) is 54.1 Å². The first kappa shape index (κ1) is 21.3. The smallest absolute Gasteiger partial charge is 0.301 e. The van der Waals surface area contributed by atoms with E-state index >= 15 is 0 Å². The van der Waals surface area contributed by atoms with Crippen molar-refractivity contribution in [3.05, 3.63) is 91.7 Å². The van der Waals surface area contributed by atoms with Gasteiger partial charge in [0.2, 0.25) is 0 Å². The number of aliphatic hydroxyl groups excluding tert-OH is 1. The average Bonchev–Trinajstić information content (AvgIpc) is 3.23. The Kier molecular flexibility index (Phi) is 5.31. The largest absolute Gasteiger partial charge is 0.507 e. The molecule has 0 spiro atoms. The summed E-state index contributed by atoms with van der Waals surface area (Å²) in [7, 11) is 0. The fourth-order valence-corrected chi connectivity index (χ4v) is 4.41. The molecule has 0 aliphatic carbocycles. The van der Waals surface area contributed by atoms with Crippen molar-refractivity contribution in [3.63, 3.8) is 0 Å². The van der Waals surface area contributed by atoms with Gasteiger partial charge in [-0.15, -0.1) is 11.3 Å². The first-order valence-electron chi connectivity index (χ1n) is 9.44. The molecule has 2 heterocycles. The molecular weight excluding hydrogens is 437 g/mol. The predicted octanol–water partition coefficient (Wildman–Crippen LogP) is 4.43. The van der Waals surface area contributed by atoms with E-state index in [4.69, 9.17) is 0 Å². The zero-order valence-corrected chi connectivity index (χ0v) is 17.7. The summed E-state index contributed by atoms with van der Waals surface area (Å²) in [4.78, 5) is 43.1. The molecule has 0 bridgehead atoms. The van der Waals surface area contributed by atoms with Gasteiger partial charge in [-0.05, 0) is 43.7 Å². The van der Waals surface area contributed by atoms with Gasteiger partial charge in [-0.25, -0.2) is 9.37 Å². The van der Waals surface area contributed by atoms with Gasteiger partial charge in [0.05, 0.1) is 22.2 Å². The first-order valence-corrected chi connectivity index (χ1v) is 10.3. The van der Waals surface area contributed by atoms with Crippen molar-refractivity contribution < 1.29 is 24.0 Å². The highest BCUT2D eigenvalue weighted by atomic mass is 32.1. The maximum absolute atomic E-state index is 13.4. The Hall–Kier alpha value is -3.92. The summed E-state index contributed by atoms with van der Waals surface area (Å²) in [6.45, 7) is 3.57. The summed E-state index contributed by atoms with van der Waals surface area (Å²) in [5, 5.41) is 22.5. The molecule has 162 valence electrons. The lowest BCUT2D eigenvalue weighted by Crippen LogP contribution is -2.29. The fraction of sp³-hybridized carbons (Fsp3) is 0.136. The van der Waals surface area contributed by atoms with Crippen LogP contribution in [0.3, 0.4) is 0 Å². The van der Waals surface area contributed by atoms with Gasteiger partial charge in [0.25, 0.3) is 11.5 Å². The molecule has 3 aromatic rings. The van der Waals surface area contributed by atoms with Crippen LogP contribution in [0.25, 0.3) is 5.76 Å². The molecule has 1 amide bonds. The standard InChI is InChI=1S/C22H16FN3O5S/c1-11-12(2)32-22(24-11)25-18(14-4-3-5-16(10-14)26(30)31)17(20(28)21(25)29)19(27)13-6-8-15(23)9-7-13/h3-10,18,27H,1-2H3/b19-17-. The van der Waals surface area contributed by atoms with E-state index in [0.717, 1.165) is 21.9 Å². The Morgan fingerprint density at radius 1 is 1.19 bits per heavy atom. The molecule has 10 heteroatoms. The van der Waals surface area contributed by atoms with Crippen LogP contribution in [0.5, 0.6) is 0 Å². The number of hydrogen-bond acceptors (Lipinski definition) is 7. The Bertz CT molecular complexity index is 1280. The van der Waals surface area contributed by atoms with E-state index in [1.54, 1.807) is 6.92 Å². The Balaban J connectivity index is 1.97. The lowest BCUT2D eigenvalue weighted by atomic mass is 9.95. The number of Topliss-reactive ketones (excluding diaryl/α,β-unsaturated/α-hetero) is 1. The zero-order chi connectivity index (χ0) is 23.2. The van der Waals surface area contributed by atoms with Gasteiger partial charge in [0.1, 0.15) is 11.6 Å². The van der Waals surface area contributed by atoms with Gasteiger partial charge >= 0.3 is 5.91 Å². The maximum atomic E-state index is 13.4. The SMILES string of the molecule is Cc1nc(N2C(=O)C(=O)/C(=C(\O)c3ccc(F)cc3)C2c2cccc([N+](=O)[O-])c2)sc1C. The number of anilines is 1. The second-order valence-corrected chi connectivity index (χ2v) is 8.35. The van der Waals surface area contributed by atoms with Crippen molar-refractivity contribution in [2.75, 3.05) is 4.90 Å². The minimum Gasteiger partial charge on any atom is -0.507 e. The molecule has 1 saturated heterocycles. The van der Waals surface area contributed by atoms with Crippen molar-refractivity contribution in [2.45, 2.75) is 19.9 Å². The topological polar surface area (TPSA) is 114 Å². The van der Waals surface area contributed by atoms with E-state index < -0.39 is 34.2 Å².